The predicted octanol–water partition coefficient (Wildman–Crippen LogP) is 3.56. The van der Waals surface area contributed by atoms with Crippen molar-refractivity contribution < 1.29 is 4.79 Å². The van der Waals surface area contributed by atoms with Crippen LogP contribution in [0.5, 0.6) is 0 Å². The van der Waals surface area contributed by atoms with E-state index in [9.17, 15) is 4.79 Å². The molecule has 0 unspecified atom stereocenters. The molecular formula is C16H15ClN4O. The van der Waals surface area contributed by atoms with Gasteiger partial charge in [0.1, 0.15) is 5.69 Å². The number of rotatable bonds is 2. The van der Waals surface area contributed by atoms with Crippen LogP contribution in [0.4, 0.5) is 5.69 Å². The zero-order chi connectivity index (χ0) is 15.9. The number of aryl methyl sites for hydroxylation is 3. The fourth-order valence-corrected chi connectivity index (χ4v) is 2.36. The second kappa shape index (κ2) is 5.42. The molecule has 1 aromatic carbocycles. The third-order valence-electron chi connectivity index (χ3n) is 3.62. The van der Waals surface area contributed by atoms with Crippen LogP contribution in [0.1, 0.15) is 27.4 Å². The molecule has 0 bridgehead atoms. The molecule has 5 nitrogen and oxygen atoms in total. The fourth-order valence-electron chi connectivity index (χ4n) is 2.19. The number of aromatic nitrogens is 3. The molecule has 0 aliphatic rings. The number of nitrogens with one attached hydrogen (secondary N) is 1. The molecule has 0 atom stereocenters. The molecule has 112 valence electrons. The predicted molar refractivity (Wildman–Crippen MR) is 86.6 cm³/mol. The summed E-state index contributed by atoms with van der Waals surface area (Å²) in [5.41, 5.74) is 4.49. The third kappa shape index (κ3) is 2.55. The van der Waals surface area contributed by atoms with Gasteiger partial charge in [0.15, 0.2) is 5.65 Å². The van der Waals surface area contributed by atoms with Gasteiger partial charge in [-0.3, -0.25) is 4.79 Å². The maximum Gasteiger partial charge on any atom is 0.276 e. The van der Waals surface area contributed by atoms with Gasteiger partial charge in [0, 0.05) is 10.7 Å². The van der Waals surface area contributed by atoms with Crippen molar-refractivity contribution in [1.29, 1.82) is 0 Å². The van der Waals surface area contributed by atoms with Crippen molar-refractivity contribution in [3.63, 3.8) is 0 Å². The minimum absolute atomic E-state index is 0.280. The summed E-state index contributed by atoms with van der Waals surface area (Å²) < 4.78 is 1.68. The second-order valence-electron chi connectivity index (χ2n) is 5.18. The molecule has 6 heteroatoms. The number of carbonyl (C=O) groups is 1. The number of fused-ring (bicyclic) bond motifs is 1. The van der Waals surface area contributed by atoms with Gasteiger partial charge in [-0.05, 0) is 50.6 Å². The summed E-state index contributed by atoms with van der Waals surface area (Å²) in [5, 5.41) is 7.77. The van der Waals surface area contributed by atoms with Crippen LogP contribution in [0.25, 0.3) is 5.65 Å². The first-order valence-corrected chi connectivity index (χ1v) is 7.24. The van der Waals surface area contributed by atoms with Gasteiger partial charge in [-0.25, -0.2) is 9.50 Å². The Morgan fingerprint density at radius 2 is 1.95 bits per heavy atom. The summed E-state index contributed by atoms with van der Waals surface area (Å²) in [6.07, 6.45) is 0. The SMILES string of the molecule is Cc1ccc(Cl)cc1NC(=O)c1ccc2nc(C)c(C)n2n1. The van der Waals surface area contributed by atoms with E-state index < -0.39 is 0 Å². The van der Waals surface area contributed by atoms with Gasteiger partial charge in [0.05, 0.1) is 11.4 Å². The quantitative estimate of drug-likeness (QED) is 0.786. The average Bonchev–Trinajstić information content (AvgIpc) is 2.77. The fraction of sp³-hybridized carbons (Fsp3) is 0.188. The maximum absolute atomic E-state index is 12.4. The number of anilines is 1. The molecule has 0 saturated carbocycles. The van der Waals surface area contributed by atoms with Crippen LogP contribution in [-0.4, -0.2) is 20.5 Å². The summed E-state index contributed by atoms with van der Waals surface area (Å²) in [4.78, 5) is 16.8. The molecular weight excluding hydrogens is 300 g/mol. The molecule has 3 aromatic rings. The lowest BCUT2D eigenvalue weighted by Gasteiger charge is -2.08. The first-order chi connectivity index (χ1) is 10.5. The Morgan fingerprint density at radius 1 is 1.18 bits per heavy atom. The monoisotopic (exact) mass is 314 g/mol. The summed E-state index contributed by atoms with van der Waals surface area (Å²) in [6, 6.07) is 8.82. The van der Waals surface area contributed by atoms with Crippen molar-refractivity contribution in [3.05, 3.63) is 58.0 Å². The molecule has 0 saturated heterocycles. The molecule has 2 heterocycles. The number of imidazole rings is 1. The van der Waals surface area contributed by atoms with Crippen LogP contribution < -0.4 is 5.32 Å². The third-order valence-corrected chi connectivity index (χ3v) is 3.85. The lowest BCUT2D eigenvalue weighted by molar-refractivity contribution is 0.102. The number of hydrogen-bond donors (Lipinski definition) is 1. The molecule has 1 amide bonds. The van der Waals surface area contributed by atoms with E-state index >= 15 is 0 Å². The van der Waals surface area contributed by atoms with Crippen molar-refractivity contribution in [1.82, 2.24) is 14.6 Å². The van der Waals surface area contributed by atoms with Crippen LogP contribution >= 0.6 is 11.6 Å². The van der Waals surface area contributed by atoms with E-state index in [4.69, 9.17) is 11.6 Å². The number of carbonyl (C=O) groups excluding carboxylic acids is 1. The van der Waals surface area contributed by atoms with Crippen LogP contribution in [-0.2, 0) is 0 Å². The summed E-state index contributed by atoms with van der Waals surface area (Å²) in [6.45, 7) is 5.75. The van der Waals surface area contributed by atoms with Crippen LogP contribution in [0.3, 0.4) is 0 Å². The topological polar surface area (TPSA) is 59.3 Å². The van der Waals surface area contributed by atoms with E-state index in [1.165, 1.54) is 0 Å². The van der Waals surface area contributed by atoms with E-state index in [0.717, 1.165) is 22.6 Å². The van der Waals surface area contributed by atoms with Gasteiger partial charge in [0.25, 0.3) is 5.91 Å². The highest BCUT2D eigenvalue weighted by Crippen LogP contribution is 2.20. The van der Waals surface area contributed by atoms with Crippen molar-refractivity contribution >= 4 is 28.8 Å². The first-order valence-electron chi connectivity index (χ1n) is 6.86. The van der Waals surface area contributed by atoms with Gasteiger partial charge in [0.2, 0.25) is 0 Å². The van der Waals surface area contributed by atoms with Crippen LogP contribution in [0.15, 0.2) is 30.3 Å². The first kappa shape index (κ1) is 14.5. The van der Waals surface area contributed by atoms with E-state index in [2.05, 4.69) is 15.4 Å². The normalized spacial score (nSPS) is 10.9. The molecule has 0 radical (unpaired) electrons. The van der Waals surface area contributed by atoms with Gasteiger partial charge >= 0.3 is 0 Å². The van der Waals surface area contributed by atoms with Crippen molar-refractivity contribution in [2.24, 2.45) is 0 Å². The lowest BCUT2D eigenvalue weighted by atomic mass is 10.2. The van der Waals surface area contributed by atoms with Gasteiger partial charge in [-0.1, -0.05) is 17.7 Å². The minimum Gasteiger partial charge on any atom is -0.320 e. The Kier molecular flexibility index (Phi) is 3.58. The molecule has 0 aliphatic heterocycles. The lowest BCUT2D eigenvalue weighted by Crippen LogP contribution is -2.16. The van der Waals surface area contributed by atoms with E-state index in [1.807, 2.05) is 26.8 Å². The summed E-state index contributed by atoms with van der Waals surface area (Å²) in [5.74, 6) is -0.280. The smallest absolute Gasteiger partial charge is 0.276 e. The molecule has 1 N–H and O–H groups in total. The highest BCUT2D eigenvalue weighted by Gasteiger charge is 2.13. The molecule has 0 spiro atoms. The molecule has 0 fully saturated rings. The van der Waals surface area contributed by atoms with E-state index in [0.29, 0.717) is 16.4 Å². The number of hydrogen-bond acceptors (Lipinski definition) is 3. The van der Waals surface area contributed by atoms with E-state index in [-0.39, 0.29) is 5.91 Å². The number of amides is 1. The van der Waals surface area contributed by atoms with Crippen LogP contribution in [0.2, 0.25) is 5.02 Å². The largest absolute Gasteiger partial charge is 0.320 e. The molecule has 22 heavy (non-hydrogen) atoms. The van der Waals surface area contributed by atoms with Gasteiger partial charge in [-0.15, -0.1) is 0 Å². The van der Waals surface area contributed by atoms with Gasteiger partial charge < -0.3 is 5.32 Å². The standard InChI is InChI=1S/C16H15ClN4O/c1-9-4-5-12(17)8-14(9)19-16(22)13-6-7-15-18-10(2)11(3)21(15)20-13/h4-8H,1-3H3,(H,19,22). The Bertz CT molecular complexity index is 885. The number of benzene rings is 1. The van der Waals surface area contributed by atoms with Crippen molar-refractivity contribution in [2.45, 2.75) is 20.8 Å². The summed E-state index contributed by atoms with van der Waals surface area (Å²) in [7, 11) is 0. The van der Waals surface area contributed by atoms with Gasteiger partial charge in [-0.2, -0.15) is 5.10 Å². The highest BCUT2D eigenvalue weighted by atomic mass is 35.5. The number of nitrogens with zero attached hydrogens (tertiary/aromatic N) is 3. The zero-order valence-corrected chi connectivity index (χ0v) is 13.3. The van der Waals surface area contributed by atoms with Crippen molar-refractivity contribution in [3.8, 4) is 0 Å². The Labute approximate surface area is 132 Å². The maximum atomic E-state index is 12.4. The summed E-state index contributed by atoms with van der Waals surface area (Å²) >= 11 is 5.97. The second-order valence-corrected chi connectivity index (χ2v) is 5.62. The number of halogens is 1. The Balaban J connectivity index is 1.95. The average molecular weight is 315 g/mol. The van der Waals surface area contributed by atoms with E-state index in [1.54, 1.807) is 28.8 Å². The Morgan fingerprint density at radius 3 is 2.73 bits per heavy atom. The van der Waals surface area contributed by atoms with Crippen molar-refractivity contribution in [2.75, 3.05) is 5.32 Å². The molecule has 2 aromatic heterocycles. The molecule has 3 rings (SSSR count). The Hall–Kier alpha value is -2.40. The zero-order valence-electron chi connectivity index (χ0n) is 12.5. The van der Waals surface area contributed by atoms with Crippen LogP contribution in [0, 0.1) is 20.8 Å². The minimum atomic E-state index is -0.280. The highest BCUT2D eigenvalue weighted by molar-refractivity contribution is 6.31. The molecule has 0 aliphatic carbocycles.